The minimum Gasteiger partial charge on any atom is -0.381 e. The number of fused-ring (bicyclic) bond motifs is 2. The van der Waals surface area contributed by atoms with Gasteiger partial charge >= 0.3 is 6.18 Å². The van der Waals surface area contributed by atoms with Crippen molar-refractivity contribution >= 4 is 32.6 Å². The van der Waals surface area contributed by atoms with Crippen LogP contribution in [0.15, 0.2) is 36.7 Å². The van der Waals surface area contributed by atoms with Crippen LogP contribution in [0.5, 0.6) is 0 Å². The third kappa shape index (κ3) is 3.03. The lowest BCUT2D eigenvalue weighted by molar-refractivity contribution is -0.278. The van der Waals surface area contributed by atoms with Gasteiger partial charge in [-0.25, -0.2) is 9.97 Å². The second-order valence-corrected chi connectivity index (χ2v) is 7.46. The first-order chi connectivity index (χ1) is 13.2. The molecule has 0 radical (unpaired) electrons. The van der Waals surface area contributed by atoms with E-state index in [9.17, 15) is 18.3 Å². The molecule has 0 unspecified atom stereocenters. The maximum Gasteiger partial charge on any atom is 0.424 e. The molecule has 1 atom stereocenters. The third-order valence-corrected chi connectivity index (χ3v) is 5.58. The molecule has 0 saturated heterocycles. The summed E-state index contributed by atoms with van der Waals surface area (Å²) in [5.41, 5.74) is -1.19. The van der Waals surface area contributed by atoms with Crippen LogP contribution < -0.4 is 0 Å². The van der Waals surface area contributed by atoms with E-state index in [1.807, 2.05) is 12.3 Å². The Kier molecular flexibility index (Phi) is 4.36. The fraction of sp³-hybridized carbons (Fsp3) is 0.278. The highest BCUT2D eigenvalue weighted by Gasteiger charge is 2.56. The molecule has 4 aromatic heterocycles. The first-order valence-corrected chi connectivity index (χ1v) is 9.02. The van der Waals surface area contributed by atoms with Gasteiger partial charge in [0.05, 0.1) is 17.2 Å². The normalized spacial score (nSPS) is 14.6. The molecule has 0 aromatic carbocycles. The number of aryl methyl sites for hydroxylation is 1. The monoisotopic (exact) mass is 408 g/mol. The number of ether oxygens (including phenoxy) is 1. The molecule has 0 spiro atoms. The van der Waals surface area contributed by atoms with Gasteiger partial charge in [-0.05, 0) is 24.3 Å². The summed E-state index contributed by atoms with van der Waals surface area (Å²) in [7, 11) is 2.91. The van der Waals surface area contributed by atoms with E-state index in [1.165, 1.54) is 6.07 Å². The fourth-order valence-corrected chi connectivity index (χ4v) is 4.08. The summed E-state index contributed by atoms with van der Waals surface area (Å²) >= 11 is 0.790. The van der Waals surface area contributed by atoms with Crippen molar-refractivity contribution in [3.05, 3.63) is 41.5 Å². The van der Waals surface area contributed by atoms with Crippen LogP contribution in [0.3, 0.4) is 0 Å². The topological polar surface area (TPSA) is 73.1 Å². The minimum atomic E-state index is -4.87. The van der Waals surface area contributed by atoms with Crippen molar-refractivity contribution < 1.29 is 23.0 Å². The number of rotatable bonds is 4. The second-order valence-electron chi connectivity index (χ2n) is 6.43. The minimum absolute atomic E-state index is 0.262. The van der Waals surface area contributed by atoms with E-state index in [2.05, 4.69) is 19.8 Å². The molecule has 4 heterocycles. The summed E-state index contributed by atoms with van der Waals surface area (Å²) in [6.45, 7) is -0.891. The van der Waals surface area contributed by atoms with Crippen molar-refractivity contribution in [1.82, 2.24) is 19.7 Å². The largest absolute Gasteiger partial charge is 0.424 e. The summed E-state index contributed by atoms with van der Waals surface area (Å²) < 4.78 is 46.6. The van der Waals surface area contributed by atoms with E-state index < -0.39 is 18.4 Å². The van der Waals surface area contributed by atoms with E-state index >= 15 is 0 Å². The van der Waals surface area contributed by atoms with Crippen LogP contribution in [0, 0.1) is 0 Å². The molecule has 0 saturated carbocycles. The predicted octanol–water partition coefficient (Wildman–Crippen LogP) is 3.64. The van der Waals surface area contributed by atoms with Crippen molar-refractivity contribution in [2.45, 2.75) is 11.8 Å². The van der Waals surface area contributed by atoms with Crippen molar-refractivity contribution in [1.29, 1.82) is 0 Å². The third-order valence-electron chi connectivity index (χ3n) is 4.38. The zero-order valence-electron chi connectivity index (χ0n) is 14.9. The van der Waals surface area contributed by atoms with E-state index in [0.717, 1.165) is 29.4 Å². The van der Waals surface area contributed by atoms with E-state index in [-0.39, 0.29) is 4.88 Å². The Balaban J connectivity index is 1.79. The first-order valence-electron chi connectivity index (χ1n) is 8.20. The molecule has 146 valence electrons. The number of methoxy groups -OCH3 is 1. The molecule has 0 bridgehead atoms. The number of aliphatic hydroxyl groups is 1. The number of halogens is 3. The zero-order chi connectivity index (χ0) is 20.1. The molecule has 0 aliphatic rings. The summed E-state index contributed by atoms with van der Waals surface area (Å²) in [6, 6.07) is 6.55. The van der Waals surface area contributed by atoms with Gasteiger partial charge in [-0.15, -0.1) is 11.3 Å². The highest BCUT2D eigenvalue weighted by molar-refractivity contribution is 7.18. The van der Waals surface area contributed by atoms with Gasteiger partial charge in [0.2, 0.25) is 5.60 Å². The zero-order valence-corrected chi connectivity index (χ0v) is 15.7. The Morgan fingerprint density at radius 1 is 1.21 bits per heavy atom. The average Bonchev–Trinajstić information content (AvgIpc) is 3.21. The van der Waals surface area contributed by atoms with Crippen molar-refractivity contribution in [3.63, 3.8) is 0 Å². The van der Waals surface area contributed by atoms with Gasteiger partial charge < -0.3 is 9.84 Å². The Hall–Kier alpha value is -2.56. The lowest BCUT2D eigenvalue weighted by Crippen LogP contribution is -2.45. The van der Waals surface area contributed by atoms with Crippen LogP contribution in [0.2, 0.25) is 0 Å². The van der Waals surface area contributed by atoms with Crippen LogP contribution in [-0.4, -0.2) is 44.7 Å². The molecule has 4 rings (SSSR count). The molecular weight excluding hydrogens is 393 g/mol. The lowest BCUT2D eigenvalue weighted by Gasteiger charge is -2.28. The van der Waals surface area contributed by atoms with Gasteiger partial charge in [0.15, 0.2) is 5.65 Å². The molecule has 10 heteroatoms. The molecule has 0 fully saturated rings. The van der Waals surface area contributed by atoms with Gasteiger partial charge in [-0.1, -0.05) is 0 Å². The maximum absolute atomic E-state index is 13.4. The predicted molar refractivity (Wildman–Crippen MR) is 99.0 cm³/mol. The van der Waals surface area contributed by atoms with E-state index in [0.29, 0.717) is 21.6 Å². The number of hydrogen-bond donors (Lipinski definition) is 1. The summed E-state index contributed by atoms with van der Waals surface area (Å²) in [6.07, 6.45) is -1.43. The Labute approximate surface area is 161 Å². The number of nitrogens with zero attached hydrogens (tertiary/aromatic N) is 4. The molecule has 4 aromatic rings. The maximum atomic E-state index is 13.4. The molecule has 0 amide bonds. The molecule has 1 N–H and O–H groups in total. The summed E-state index contributed by atoms with van der Waals surface area (Å²) in [4.78, 5) is 8.88. The molecule has 0 aliphatic heterocycles. The van der Waals surface area contributed by atoms with Crippen molar-refractivity contribution in [3.8, 4) is 11.3 Å². The number of alkyl halides is 3. The summed E-state index contributed by atoms with van der Waals surface area (Å²) in [5, 5.41) is 15.8. The van der Waals surface area contributed by atoms with Gasteiger partial charge in [-0.2, -0.15) is 18.3 Å². The molecule has 6 nitrogen and oxygen atoms in total. The van der Waals surface area contributed by atoms with Crippen molar-refractivity contribution in [2.75, 3.05) is 13.7 Å². The van der Waals surface area contributed by atoms with Gasteiger partial charge in [-0.3, -0.25) is 4.68 Å². The lowest BCUT2D eigenvalue weighted by atomic mass is 10.0. The first kappa shape index (κ1) is 18.8. The standard InChI is InChI=1S/C18H15F3N4O2S/c1-25-8-12-5-11(7-22-15(12)24-25)13-4-3-10-6-14(28-16(10)23-13)17(26,9-27-2)18(19,20)21/h3-8,26H,9H2,1-2H3/t17-/m0/s1. The van der Waals surface area contributed by atoms with Crippen LogP contribution in [0.25, 0.3) is 32.5 Å². The smallest absolute Gasteiger partial charge is 0.381 e. The Morgan fingerprint density at radius 3 is 2.71 bits per heavy atom. The number of aromatic nitrogens is 4. The van der Waals surface area contributed by atoms with Crippen LogP contribution in [-0.2, 0) is 17.4 Å². The van der Waals surface area contributed by atoms with Crippen LogP contribution >= 0.6 is 11.3 Å². The SMILES string of the molecule is COC[C@](O)(c1cc2ccc(-c3cnc4nn(C)cc4c3)nc2s1)C(F)(F)F. The highest BCUT2D eigenvalue weighted by Crippen LogP contribution is 2.43. The molecular formula is C18H15F3N4O2S. The summed E-state index contributed by atoms with van der Waals surface area (Å²) in [5.74, 6) is 0. The second kappa shape index (κ2) is 6.50. The van der Waals surface area contributed by atoms with Gasteiger partial charge in [0, 0.05) is 42.9 Å². The Bertz CT molecular complexity index is 1170. The average molecular weight is 408 g/mol. The molecule has 28 heavy (non-hydrogen) atoms. The quantitative estimate of drug-likeness (QED) is 0.558. The van der Waals surface area contributed by atoms with E-state index in [1.54, 1.807) is 30.1 Å². The van der Waals surface area contributed by atoms with Crippen molar-refractivity contribution in [2.24, 2.45) is 7.05 Å². The van der Waals surface area contributed by atoms with Gasteiger partial charge in [0.1, 0.15) is 4.83 Å². The fourth-order valence-electron chi connectivity index (χ4n) is 2.96. The van der Waals surface area contributed by atoms with E-state index in [4.69, 9.17) is 0 Å². The Morgan fingerprint density at radius 2 is 2.00 bits per heavy atom. The van der Waals surface area contributed by atoms with Gasteiger partial charge in [0.25, 0.3) is 0 Å². The number of thiophene rings is 1. The van der Waals surface area contributed by atoms with Crippen LogP contribution in [0.4, 0.5) is 13.2 Å². The highest BCUT2D eigenvalue weighted by atomic mass is 32.1. The molecule has 0 aliphatic carbocycles. The van der Waals surface area contributed by atoms with Crippen LogP contribution in [0.1, 0.15) is 4.88 Å². The number of pyridine rings is 2. The number of hydrogen-bond acceptors (Lipinski definition) is 6.